The molecule has 1 rings (SSSR count). The zero-order valence-electron chi connectivity index (χ0n) is 13.4. The van der Waals surface area contributed by atoms with Crippen molar-refractivity contribution < 1.29 is 14.3 Å². The fourth-order valence-corrected chi connectivity index (χ4v) is 2.48. The smallest absolute Gasteiger partial charge is 0.347 e. The number of unbranched alkanes of at least 4 members (excludes halogenated alkanes) is 1. The van der Waals surface area contributed by atoms with Crippen LogP contribution in [0.1, 0.15) is 46.5 Å². The first-order chi connectivity index (χ1) is 10.5. The van der Waals surface area contributed by atoms with Crippen LogP contribution in [0.2, 0.25) is 10.0 Å². The lowest BCUT2D eigenvalue weighted by molar-refractivity contribution is -0.152. The highest BCUT2D eigenvalue weighted by Gasteiger charge is 2.19. The van der Waals surface area contributed by atoms with Gasteiger partial charge >= 0.3 is 5.97 Å². The molecule has 0 fully saturated rings. The largest absolute Gasteiger partial charge is 0.477 e. The van der Waals surface area contributed by atoms with E-state index in [4.69, 9.17) is 32.7 Å². The van der Waals surface area contributed by atoms with E-state index in [1.54, 1.807) is 25.1 Å². The van der Waals surface area contributed by atoms with Crippen LogP contribution < -0.4 is 4.74 Å². The van der Waals surface area contributed by atoms with Crippen LogP contribution in [0.4, 0.5) is 0 Å². The molecule has 0 spiro atoms. The summed E-state index contributed by atoms with van der Waals surface area (Å²) in [5.41, 5.74) is 0. The maximum absolute atomic E-state index is 12.0. The summed E-state index contributed by atoms with van der Waals surface area (Å²) in [5, 5.41) is 0.899. The fourth-order valence-electron chi connectivity index (χ4n) is 2.02. The van der Waals surface area contributed by atoms with E-state index in [-0.39, 0.29) is 5.97 Å². The van der Waals surface area contributed by atoms with Crippen molar-refractivity contribution in [3.63, 3.8) is 0 Å². The molecule has 0 aliphatic heterocycles. The first-order valence-corrected chi connectivity index (χ1v) is 8.51. The third-order valence-electron chi connectivity index (χ3n) is 3.53. The minimum absolute atomic E-state index is 0.374. The van der Waals surface area contributed by atoms with Crippen LogP contribution in [0.15, 0.2) is 18.2 Å². The molecule has 1 aromatic carbocycles. The topological polar surface area (TPSA) is 35.5 Å². The van der Waals surface area contributed by atoms with E-state index in [2.05, 4.69) is 13.8 Å². The zero-order valence-corrected chi connectivity index (χ0v) is 14.9. The second-order valence-corrected chi connectivity index (χ2v) is 6.23. The van der Waals surface area contributed by atoms with Gasteiger partial charge in [0.2, 0.25) is 0 Å². The van der Waals surface area contributed by atoms with Gasteiger partial charge in [-0.25, -0.2) is 4.79 Å². The van der Waals surface area contributed by atoms with Crippen LogP contribution in [0.25, 0.3) is 0 Å². The normalized spacial score (nSPS) is 13.5. The molecule has 0 aromatic heterocycles. The van der Waals surface area contributed by atoms with Gasteiger partial charge in [-0.15, -0.1) is 0 Å². The number of carbonyl (C=O) groups excluding carboxylic acids is 1. The molecule has 5 heteroatoms. The van der Waals surface area contributed by atoms with Crippen molar-refractivity contribution in [3.05, 3.63) is 28.2 Å². The van der Waals surface area contributed by atoms with E-state index in [0.717, 1.165) is 25.7 Å². The van der Waals surface area contributed by atoms with Gasteiger partial charge in [0.15, 0.2) is 6.10 Å². The third kappa shape index (κ3) is 6.45. The number of hydrogen-bond acceptors (Lipinski definition) is 3. The summed E-state index contributed by atoms with van der Waals surface area (Å²) in [6, 6.07) is 4.89. The number of carbonyl (C=O) groups is 1. The molecule has 0 saturated carbocycles. The molecule has 22 heavy (non-hydrogen) atoms. The standard InChI is InChI=1S/C17H24Cl2O3/c1-4-6-7-13(5-2)11-21-17(20)12(3)22-16-9-8-14(18)10-15(16)19/h8-10,12-13H,4-7,11H2,1-3H3/t12-,13?/m1/s1. The summed E-state index contributed by atoms with van der Waals surface area (Å²) in [7, 11) is 0. The summed E-state index contributed by atoms with van der Waals surface area (Å²) in [6.45, 7) is 6.36. The van der Waals surface area contributed by atoms with Gasteiger partial charge in [0.25, 0.3) is 0 Å². The van der Waals surface area contributed by atoms with Gasteiger partial charge in [0, 0.05) is 5.02 Å². The predicted molar refractivity (Wildman–Crippen MR) is 90.8 cm³/mol. The second-order valence-electron chi connectivity index (χ2n) is 5.38. The summed E-state index contributed by atoms with van der Waals surface area (Å²) in [6.07, 6.45) is 3.69. The molecule has 3 nitrogen and oxygen atoms in total. The van der Waals surface area contributed by atoms with Gasteiger partial charge in [0.1, 0.15) is 5.75 Å². The van der Waals surface area contributed by atoms with Crippen molar-refractivity contribution in [1.82, 2.24) is 0 Å². The van der Waals surface area contributed by atoms with Gasteiger partial charge in [-0.05, 0) is 37.5 Å². The monoisotopic (exact) mass is 346 g/mol. The Hall–Kier alpha value is -0.930. The third-order valence-corrected chi connectivity index (χ3v) is 4.06. The first-order valence-electron chi connectivity index (χ1n) is 7.76. The lowest BCUT2D eigenvalue weighted by Crippen LogP contribution is -2.28. The Balaban J connectivity index is 2.47. The quantitative estimate of drug-likeness (QED) is 0.552. The average molecular weight is 347 g/mol. The van der Waals surface area contributed by atoms with Gasteiger partial charge in [-0.1, -0.05) is 56.3 Å². The average Bonchev–Trinajstić information content (AvgIpc) is 2.49. The zero-order chi connectivity index (χ0) is 16.5. The fraction of sp³-hybridized carbons (Fsp3) is 0.588. The van der Waals surface area contributed by atoms with E-state index in [1.807, 2.05) is 0 Å². The van der Waals surface area contributed by atoms with Crippen LogP contribution in [0, 0.1) is 5.92 Å². The van der Waals surface area contributed by atoms with Gasteiger partial charge < -0.3 is 9.47 Å². The van der Waals surface area contributed by atoms with Crippen LogP contribution in [0.3, 0.4) is 0 Å². The molecule has 0 bridgehead atoms. The number of benzene rings is 1. The van der Waals surface area contributed by atoms with E-state index >= 15 is 0 Å². The Kier molecular flexibility index (Phi) is 8.66. The minimum Gasteiger partial charge on any atom is -0.477 e. The molecule has 0 radical (unpaired) electrons. The van der Waals surface area contributed by atoms with Crippen LogP contribution in [-0.2, 0) is 9.53 Å². The minimum atomic E-state index is -0.706. The van der Waals surface area contributed by atoms with E-state index < -0.39 is 6.10 Å². The molecule has 1 unspecified atom stereocenters. The summed E-state index contributed by atoms with van der Waals surface area (Å²) in [4.78, 5) is 12.0. The highest BCUT2D eigenvalue weighted by molar-refractivity contribution is 6.35. The summed E-state index contributed by atoms with van der Waals surface area (Å²) >= 11 is 11.9. The van der Waals surface area contributed by atoms with Crippen molar-refractivity contribution >= 4 is 29.2 Å². The Bertz CT molecular complexity index is 477. The molecule has 0 heterocycles. The van der Waals surface area contributed by atoms with Gasteiger partial charge in [-0.3, -0.25) is 0 Å². The van der Waals surface area contributed by atoms with Crippen molar-refractivity contribution in [2.45, 2.75) is 52.6 Å². The molecular weight excluding hydrogens is 323 g/mol. The first kappa shape index (κ1) is 19.1. The van der Waals surface area contributed by atoms with E-state index in [0.29, 0.717) is 28.3 Å². The Morgan fingerprint density at radius 2 is 2.00 bits per heavy atom. The van der Waals surface area contributed by atoms with Crippen LogP contribution >= 0.6 is 23.2 Å². The Morgan fingerprint density at radius 1 is 1.27 bits per heavy atom. The number of esters is 1. The Morgan fingerprint density at radius 3 is 2.59 bits per heavy atom. The van der Waals surface area contributed by atoms with Crippen molar-refractivity contribution in [3.8, 4) is 5.75 Å². The summed E-state index contributed by atoms with van der Waals surface area (Å²) in [5.74, 6) is 0.463. The molecule has 2 atom stereocenters. The lowest BCUT2D eigenvalue weighted by atomic mass is 10.0. The molecule has 0 saturated heterocycles. The molecule has 0 aliphatic rings. The van der Waals surface area contributed by atoms with Crippen LogP contribution in [-0.4, -0.2) is 18.7 Å². The number of rotatable bonds is 9. The lowest BCUT2D eigenvalue weighted by Gasteiger charge is -2.18. The SMILES string of the molecule is CCCCC(CC)COC(=O)[C@@H](C)Oc1ccc(Cl)cc1Cl. The van der Waals surface area contributed by atoms with Gasteiger partial charge in [-0.2, -0.15) is 0 Å². The maximum Gasteiger partial charge on any atom is 0.347 e. The number of hydrogen-bond donors (Lipinski definition) is 0. The van der Waals surface area contributed by atoms with Crippen molar-refractivity contribution in [1.29, 1.82) is 0 Å². The van der Waals surface area contributed by atoms with Gasteiger partial charge in [0.05, 0.1) is 11.6 Å². The van der Waals surface area contributed by atoms with E-state index in [9.17, 15) is 4.79 Å². The molecule has 0 amide bonds. The highest BCUT2D eigenvalue weighted by Crippen LogP contribution is 2.28. The van der Waals surface area contributed by atoms with Crippen LogP contribution in [0.5, 0.6) is 5.75 Å². The van der Waals surface area contributed by atoms with Crippen molar-refractivity contribution in [2.75, 3.05) is 6.61 Å². The molecule has 1 aromatic rings. The Labute approximate surface area is 142 Å². The number of ether oxygens (including phenoxy) is 2. The molecule has 0 aliphatic carbocycles. The summed E-state index contributed by atoms with van der Waals surface area (Å²) < 4.78 is 10.9. The number of halogens is 2. The highest BCUT2D eigenvalue weighted by atomic mass is 35.5. The van der Waals surface area contributed by atoms with Crippen molar-refractivity contribution in [2.24, 2.45) is 5.92 Å². The molecule has 124 valence electrons. The second kappa shape index (κ2) is 9.96. The van der Waals surface area contributed by atoms with E-state index in [1.165, 1.54) is 0 Å². The predicted octanol–water partition coefficient (Wildman–Crippen LogP) is 5.52. The maximum atomic E-state index is 12.0. The molecular formula is C17H24Cl2O3. The molecule has 0 N–H and O–H groups in total.